The quantitative estimate of drug-likeness (QED) is 0.721. The molecular weight excluding hydrogens is 316 g/mol. The minimum atomic E-state index is -0.790. The van der Waals surface area contributed by atoms with E-state index in [-0.39, 0.29) is 11.5 Å². The van der Waals surface area contributed by atoms with Crippen LogP contribution >= 0.6 is 15.9 Å². The molecule has 0 N–H and O–H groups in total. The normalized spacial score (nSPS) is 23.5. The van der Waals surface area contributed by atoms with Crippen molar-refractivity contribution < 1.29 is 13.6 Å². The van der Waals surface area contributed by atoms with Crippen molar-refractivity contribution in [1.82, 2.24) is 4.90 Å². The molecule has 0 aliphatic carbocycles. The molecule has 19 heavy (non-hydrogen) atoms. The Morgan fingerprint density at radius 2 is 2.11 bits per heavy atom. The molecule has 0 bridgehead atoms. The van der Waals surface area contributed by atoms with Crippen molar-refractivity contribution in [3.8, 4) is 0 Å². The molecule has 2 unspecified atom stereocenters. The maximum atomic E-state index is 13.9. The van der Waals surface area contributed by atoms with Crippen LogP contribution in [0.5, 0.6) is 0 Å². The molecule has 1 aliphatic rings. The minimum Gasteiger partial charge on any atom is -0.338 e. The average molecular weight is 332 g/mol. The predicted octanol–water partition coefficient (Wildman–Crippen LogP) is 3.52. The van der Waals surface area contributed by atoms with E-state index in [1.54, 1.807) is 0 Å². The number of benzene rings is 1. The van der Waals surface area contributed by atoms with E-state index < -0.39 is 23.1 Å². The third-order valence-corrected chi connectivity index (χ3v) is 4.95. The van der Waals surface area contributed by atoms with Crippen molar-refractivity contribution in [2.75, 3.05) is 13.1 Å². The lowest BCUT2D eigenvalue weighted by atomic mass is 9.99. The first-order valence-electron chi connectivity index (χ1n) is 6.29. The monoisotopic (exact) mass is 331 g/mol. The Morgan fingerprint density at radius 3 is 2.74 bits per heavy atom. The Balaban J connectivity index is 2.28. The Kier molecular flexibility index (Phi) is 4.23. The SMILES string of the molecule is Cc1ccc(F)c(C(=O)N2CCC(Br)C(C)C2)c1F. The summed E-state index contributed by atoms with van der Waals surface area (Å²) in [6.07, 6.45) is 0.794. The molecule has 0 saturated carbocycles. The van der Waals surface area contributed by atoms with Gasteiger partial charge < -0.3 is 4.90 Å². The minimum absolute atomic E-state index is 0.272. The number of halogens is 3. The predicted molar refractivity (Wildman–Crippen MR) is 73.5 cm³/mol. The highest BCUT2D eigenvalue weighted by Gasteiger charge is 2.30. The fourth-order valence-electron chi connectivity index (χ4n) is 2.31. The van der Waals surface area contributed by atoms with E-state index in [1.165, 1.54) is 17.9 Å². The van der Waals surface area contributed by atoms with Crippen LogP contribution < -0.4 is 0 Å². The Labute approximate surface area is 119 Å². The van der Waals surface area contributed by atoms with E-state index >= 15 is 0 Å². The van der Waals surface area contributed by atoms with Crippen molar-refractivity contribution >= 4 is 21.8 Å². The van der Waals surface area contributed by atoms with Gasteiger partial charge in [-0.2, -0.15) is 0 Å². The van der Waals surface area contributed by atoms with Gasteiger partial charge in [0, 0.05) is 17.9 Å². The summed E-state index contributed by atoms with van der Waals surface area (Å²) in [6, 6.07) is 2.49. The lowest BCUT2D eigenvalue weighted by Crippen LogP contribution is -2.43. The van der Waals surface area contributed by atoms with E-state index in [2.05, 4.69) is 15.9 Å². The molecular formula is C14H16BrF2NO. The zero-order chi connectivity index (χ0) is 14.2. The van der Waals surface area contributed by atoms with E-state index in [0.29, 0.717) is 17.9 Å². The van der Waals surface area contributed by atoms with E-state index in [4.69, 9.17) is 0 Å². The highest BCUT2D eigenvalue weighted by atomic mass is 79.9. The second kappa shape index (κ2) is 5.57. The van der Waals surface area contributed by atoms with Gasteiger partial charge in [0.25, 0.3) is 5.91 Å². The number of carbonyl (C=O) groups excluding carboxylic acids is 1. The smallest absolute Gasteiger partial charge is 0.259 e. The largest absolute Gasteiger partial charge is 0.338 e. The summed E-state index contributed by atoms with van der Waals surface area (Å²) in [5.41, 5.74) is -0.145. The Bertz CT molecular complexity index is 506. The number of rotatable bonds is 1. The van der Waals surface area contributed by atoms with Crippen LogP contribution in [0.25, 0.3) is 0 Å². The van der Waals surface area contributed by atoms with Gasteiger partial charge in [-0.05, 0) is 30.9 Å². The molecule has 0 spiro atoms. The molecule has 2 rings (SSSR count). The molecule has 1 aromatic rings. The molecule has 1 amide bonds. The molecule has 5 heteroatoms. The number of amides is 1. The van der Waals surface area contributed by atoms with Crippen LogP contribution in [0, 0.1) is 24.5 Å². The van der Waals surface area contributed by atoms with Crippen LogP contribution in [0.3, 0.4) is 0 Å². The van der Waals surface area contributed by atoms with Gasteiger partial charge in [0.15, 0.2) is 0 Å². The highest BCUT2D eigenvalue weighted by molar-refractivity contribution is 9.09. The molecule has 2 nitrogen and oxygen atoms in total. The summed E-state index contributed by atoms with van der Waals surface area (Å²) in [5, 5.41) is 0. The van der Waals surface area contributed by atoms with Crippen LogP contribution in [0.15, 0.2) is 12.1 Å². The number of carbonyl (C=O) groups is 1. The fourth-order valence-corrected chi connectivity index (χ4v) is 2.68. The lowest BCUT2D eigenvalue weighted by molar-refractivity contribution is 0.0680. The average Bonchev–Trinajstić information content (AvgIpc) is 2.37. The van der Waals surface area contributed by atoms with Crippen molar-refractivity contribution in [3.05, 3.63) is 34.9 Å². The number of hydrogen-bond acceptors (Lipinski definition) is 1. The van der Waals surface area contributed by atoms with Gasteiger partial charge in [-0.15, -0.1) is 0 Å². The molecule has 0 aromatic heterocycles. The zero-order valence-electron chi connectivity index (χ0n) is 10.9. The van der Waals surface area contributed by atoms with Crippen molar-refractivity contribution in [2.45, 2.75) is 25.1 Å². The Morgan fingerprint density at radius 1 is 1.42 bits per heavy atom. The summed E-state index contributed by atoms with van der Waals surface area (Å²) < 4.78 is 27.7. The third kappa shape index (κ3) is 2.81. The molecule has 1 aromatic carbocycles. The summed E-state index contributed by atoms with van der Waals surface area (Å²) in [6.45, 7) is 4.58. The number of piperidine rings is 1. The van der Waals surface area contributed by atoms with E-state index in [0.717, 1.165) is 12.5 Å². The number of aryl methyl sites for hydroxylation is 1. The molecule has 1 heterocycles. The van der Waals surface area contributed by atoms with Gasteiger partial charge in [0.1, 0.15) is 17.2 Å². The molecule has 1 saturated heterocycles. The Hall–Kier alpha value is -0.970. The van der Waals surface area contributed by atoms with Gasteiger partial charge in [0.2, 0.25) is 0 Å². The molecule has 0 radical (unpaired) electrons. The van der Waals surface area contributed by atoms with Crippen molar-refractivity contribution in [3.63, 3.8) is 0 Å². The summed E-state index contributed by atoms with van der Waals surface area (Å²) >= 11 is 3.54. The number of likely N-dealkylation sites (tertiary alicyclic amines) is 1. The summed E-state index contributed by atoms with van der Waals surface area (Å²) in [5.74, 6) is -1.82. The van der Waals surface area contributed by atoms with Crippen LogP contribution in [-0.2, 0) is 0 Å². The van der Waals surface area contributed by atoms with E-state index in [1.807, 2.05) is 6.92 Å². The van der Waals surface area contributed by atoms with Crippen LogP contribution in [0.4, 0.5) is 8.78 Å². The second-order valence-corrected chi connectivity index (χ2v) is 6.26. The standard InChI is InChI=1S/C14H16BrF2NO/c1-8-3-4-11(16)12(13(8)17)14(19)18-6-5-10(15)9(2)7-18/h3-4,9-10H,5-7H2,1-2H3. The third-order valence-electron chi connectivity index (χ3n) is 3.59. The zero-order valence-corrected chi connectivity index (χ0v) is 12.5. The first-order valence-corrected chi connectivity index (χ1v) is 7.21. The molecule has 1 aliphatic heterocycles. The second-order valence-electron chi connectivity index (χ2n) is 5.09. The maximum Gasteiger partial charge on any atom is 0.259 e. The lowest BCUT2D eigenvalue weighted by Gasteiger charge is -2.34. The molecule has 1 fully saturated rings. The van der Waals surface area contributed by atoms with Gasteiger partial charge in [-0.3, -0.25) is 4.79 Å². The number of hydrogen-bond donors (Lipinski definition) is 0. The first-order chi connectivity index (χ1) is 8.91. The summed E-state index contributed by atoms with van der Waals surface area (Å²) in [4.78, 5) is 14.2. The first kappa shape index (κ1) is 14.4. The van der Waals surface area contributed by atoms with Gasteiger partial charge >= 0.3 is 0 Å². The van der Waals surface area contributed by atoms with Crippen LogP contribution in [-0.4, -0.2) is 28.7 Å². The van der Waals surface area contributed by atoms with Crippen LogP contribution in [0.2, 0.25) is 0 Å². The van der Waals surface area contributed by atoms with Gasteiger partial charge in [-0.25, -0.2) is 8.78 Å². The highest BCUT2D eigenvalue weighted by Crippen LogP contribution is 2.26. The number of nitrogens with zero attached hydrogens (tertiary/aromatic N) is 1. The molecule has 104 valence electrons. The topological polar surface area (TPSA) is 20.3 Å². The fraction of sp³-hybridized carbons (Fsp3) is 0.500. The van der Waals surface area contributed by atoms with Crippen LogP contribution in [0.1, 0.15) is 29.3 Å². The van der Waals surface area contributed by atoms with Gasteiger partial charge in [-0.1, -0.05) is 28.9 Å². The van der Waals surface area contributed by atoms with E-state index in [9.17, 15) is 13.6 Å². The molecule has 2 atom stereocenters. The van der Waals surface area contributed by atoms with Gasteiger partial charge in [0.05, 0.1) is 0 Å². The van der Waals surface area contributed by atoms with Crippen molar-refractivity contribution in [2.24, 2.45) is 5.92 Å². The van der Waals surface area contributed by atoms with Crippen molar-refractivity contribution in [1.29, 1.82) is 0 Å². The summed E-state index contributed by atoms with van der Waals surface area (Å²) in [7, 11) is 0. The number of alkyl halides is 1. The maximum absolute atomic E-state index is 13.9.